The molecular weight excluding hydrogens is 308 g/mol. The molecule has 1 aromatic carbocycles. The van der Waals surface area contributed by atoms with Gasteiger partial charge in [0.2, 0.25) is 5.91 Å². The van der Waals surface area contributed by atoms with Crippen molar-refractivity contribution < 1.29 is 19.1 Å². The fourth-order valence-electron chi connectivity index (χ4n) is 2.62. The number of methoxy groups -OCH3 is 1. The zero-order chi connectivity index (χ0) is 17.7. The summed E-state index contributed by atoms with van der Waals surface area (Å²) in [6.07, 6.45) is 0.604. The fraction of sp³-hybridized carbons (Fsp3) is 0.556. The zero-order valence-electron chi connectivity index (χ0n) is 14.8. The molecule has 0 bridgehead atoms. The Kier molecular flexibility index (Phi) is 5.70. The minimum Gasteiger partial charge on any atom is -0.497 e. The standard InChI is InChI=1S/C18H26N2O4/c1-18(2,3)24-17(22)19-9-7-16(21)20-10-8-13-5-6-15(23-4)11-14(13)12-20/h5-6,11H,7-10,12H2,1-4H3,(H,19,22). The van der Waals surface area contributed by atoms with Crippen LogP contribution in [-0.4, -0.2) is 42.7 Å². The van der Waals surface area contributed by atoms with E-state index in [1.807, 2.05) is 17.0 Å². The third-order valence-corrected chi connectivity index (χ3v) is 3.79. The Morgan fingerprint density at radius 3 is 2.67 bits per heavy atom. The Labute approximate surface area is 143 Å². The molecule has 6 nitrogen and oxygen atoms in total. The van der Waals surface area contributed by atoms with Gasteiger partial charge < -0.3 is 19.7 Å². The van der Waals surface area contributed by atoms with Crippen LogP contribution in [-0.2, 0) is 22.5 Å². The maximum absolute atomic E-state index is 12.3. The topological polar surface area (TPSA) is 67.9 Å². The van der Waals surface area contributed by atoms with Gasteiger partial charge in [-0.2, -0.15) is 0 Å². The molecule has 0 atom stereocenters. The monoisotopic (exact) mass is 334 g/mol. The lowest BCUT2D eigenvalue weighted by Gasteiger charge is -2.29. The van der Waals surface area contributed by atoms with Crippen molar-refractivity contribution in [2.24, 2.45) is 0 Å². The van der Waals surface area contributed by atoms with Gasteiger partial charge in [-0.3, -0.25) is 4.79 Å². The number of benzene rings is 1. The summed E-state index contributed by atoms with van der Waals surface area (Å²) < 4.78 is 10.4. The number of hydrogen-bond acceptors (Lipinski definition) is 4. The number of amides is 2. The van der Waals surface area contributed by atoms with Gasteiger partial charge in [0.1, 0.15) is 11.4 Å². The van der Waals surface area contributed by atoms with E-state index in [9.17, 15) is 9.59 Å². The molecule has 1 N–H and O–H groups in total. The summed E-state index contributed by atoms with van der Waals surface area (Å²) in [6.45, 7) is 6.96. The molecule has 0 fully saturated rings. The van der Waals surface area contributed by atoms with E-state index in [-0.39, 0.29) is 18.9 Å². The molecule has 24 heavy (non-hydrogen) atoms. The van der Waals surface area contributed by atoms with Crippen LogP contribution in [0.25, 0.3) is 0 Å². The van der Waals surface area contributed by atoms with Crippen molar-refractivity contribution in [1.29, 1.82) is 0 Å². The van der Waals surface area contributed by atoms with Gasteiger partial charge in [-0.15, -0.1) is 0 Å². The lowest BCUT2D eigenvalue weighted by Crippen LogP contribution is -2.39. The third kappa shape index (κ3) is 5.15. The number of nitrogens with one attached hydrogen (secondary N) is 1. The molecule has 0 unspecified atom stereocenters. The normalized spacial score (nSPS) is 13.9. The lowest BCUT2D eigenvalue weighted by atomic mass is 9.99. The van der Waals surface area contributed by atoms with Crippen LogP contribution >= 0.6 is 0 Å². The van der Waals surface area contributed by atoms with Gasteiger partial charge in [-0.25, -0.2) is 4.79 Å². The van der Waals surface area contributed by atoms with Gasteiger partial charge in [0.15, 0.2) is 0 Å². The summed E-state index contributed by atoms with van der Waals surface area (Å²) in [4.78, 5) is 25.7. The van der Waals surface area contributed by atoms with Gasteiger partial charge in [0, 0.05) is 26.1 Å². The zero-order valence-corrected chi connectivity index (χ0v) is 14.8. The van der Waals surface area contributed by atoms with Crippen LogP contribution < -0.4 is 10.1 Å². The molecule has 0 radical (unpaired) electrons. The average Bonchev–Trinajstić information content (AvgIpc) is 2.51. The maximum Gasteiger partial charge on any atom is 0.407 e. The first-order chi connectivity index (χ1) is 11.3. The number of alkyl carbamates (subject to hydrolysis) is 1. The summed E-state index contributed by atoms with van der Waals surface area (Å²) in [5.41, 5.74) is 1.84. The number of fused-ring (bicyclic) bond motifs is 1. The van der Waals surface area contributed by atoms with Crippen molar-refractivity contribution in [1.82, 2.24) is 10.2 Å². The van der Waals surface area contributed by atoms with E-state index in [1.165, 1.54) is 5.56 Å². The largest absolute Gasteiger partial charge is 0.497 e. The molecular formula is C18H26N2O4. The second-order valence-electron chi connectivity index (χ2n) is 6.88. The smallest absolute Gasteiger partial charge is 0.407 e. The van der Waals surface area contributed by atoms with E-state index >= 15 is 0 Å². The van der Waals surface area contributed by atoms with E-state index < -0.39 is 11.7 Å². The molecule has 0 saturated heterocycles. The first kappa shape index (κ1) is 18.1. The third-order valence-electron chi connectivity index (χ3n) is 3.79. The first-order valence-corrected chi connectivity index (χ1v) is 8.19. The highest BCUT2D eigenvalue weighted by Gasteiger charge is 2.21. The van der Waals surface area contributed by atoms with Crippen LogP contribution in [0.1, 0.15) is 38.3 Å². The Balaban J connectivity index is 1.82. The van der Waals surface area contributed by atoms with Crippen molar-refractivity contribution in [2.75, 3.05) is 20.2 Å². The van der Waals surface area contributed by atoms with Crippen LogP contribution in [0.15, 0.2) is 18.2 Å². The summed E-state index contributed by atoms with van der Waals surface area (Å²) in [6, 6.07) is 5.98. The number of nitrogens with zero attached hydrogens (tertiary/aromatic N) is 1. The van der Waals surface area contributed by atoms with Crippen molar-refractivity contribution >= 4 is 12.0 Å². The number of carbonyl (C=O) groups excluding carboxylic acids is 2. The molecule has 1 aliphatic rings. The fourth-order valence-corrected chi connectivity index (χ4v) is 2.62. The van der Waals surface area contributed by atoms with Crippen molar-refractivity contribution in [3.63, 3.8) is 0 Å². The quantitative estimate of drug-likeness (QED) is 0.918. The first-order valence-electron chi connectivity index (χ1n) is 8.19. The Morgan fingerprint density at radius 2 is 2.00 bits per heavy atom. The molecule has 132 valence electrons. The minimum absolute atomic E-state index is 0.0273. The molecule has 0 aromatic heterocycles. The average molecular weight is 334 g/mol. The summed E-state index contributed by atoms with van der Waals surface area (Å²) in [5.74, 6) is 0.828. The van der Waals surface area contributed by atoms with Crippen LogP contribution in [0.4, 0.5) is 4.79 Å². The minimum atomic E-state index is -0.538. The van der Waals surface area contributed by atoms with E-state index in [0.717, 1.165) is 17.7 Å². The summed E-state index contributed by atoms with van der Waals surface area (Å²) in [7, 11) is 1.63. The van der Waals surface area contributed by atoms with E-state index in [4.69, 9.17) is 9.47 Å². The molecule has 2 rings (SSSR count). The van der Waals surface area contributed by atoms with E-state index in [1.54, 1.807) is 27.9 Å². The van der Waals surface area contributed by atoms with Crippen molar-refractivity contribution in [3.8, 4) is 5.75 Å². The highest BCUT2D eigenvalue weighted by atomic mass is 16.6. The Morgan fingerprint density at radius 1 is 1.25 bits per heavy atom. The predicted octanol–water partition coefficient (Wildman–Crippen LogP) is 2.49. The van der Waals surface area contributed by atoms with Crippen LogP contribution in [0, 0.1) is 0 Å². The number of carbonyl (C=O) groups is 2. The second-order valence-corrected chi connectivity index (χ2v) is 6.88. The molecule has 6 heteroatoms. The molecule has 2 amide bonds. The summed E-state index contributed by atoms with van der Waals surface area (Å²) in [5, 5.41) is 2.62. The molecule has 1 aliphatic heterocycles. The van der Waals surface area contributed by atoms with Crippen LogP contribution in [0.2, 0.25) is 0 Å². The highest BCUT2D eigenvalue weighted by molar-refractivity contribution is 5.77. The SMILES string of the molecule is COc1ccc2c(c1)CN(C(=O)CCNC(=O)OC(C)(C)C)CC2. The second kappa shape index (κ2) is 7.55. The van der Waals surface area contributed by atoms with Crippen LogP contribution in [0.5, 0.6) is 5.75 Å². The van der Waals surface area contributed by atoms with Gasteiger partial charge in [0.05, 0.1) is 7.11 Å². The lowest BCUT2D eigenvalue weighted by molar-refractivity contribution is -0.132. The predicted molar refractivity (Wildman–Crippen MR) is 91.0 cm³/mol. The molecule has 0 spiro atoms. The van der Waals surface area contributed by atoms with Crippen molar-refractivity contribution in [3.05, 3.63) is 29.3 Å². The van der Waals surface area contributed by atoms with Crippen LogP contribution in [0.3, 0.4) is 0 Å². The summed E-state index contributed by atoms with van der Waals surface area (Å²) >= 11 is 0. The van der Waals surface area contributed by atoms with E-state index in [0.29, 0.717) is 13.1 Å². The van der Waals surface area contributed by atoms with Crippen molar-refractivity contribution in [2.45, 2.75) is 45.8 Å². The van der Waals surface area contributed by atoms with Gasteiger partial charge in [-0.1, -0.05) is 6.07 Å². The molecule has 1 aromatic rings. The van der Waals surface area contributed by atoms with Gasteiger partial charge >= 0.3 is 6.09 Å². The highest BCUT2D eigenvalue weighted by Crippen LogP contribution is 2.24. The van der Waals surface area contributed by atoms with E-state index in [2.05, 4.69) is 11.4 Å². The van der Waals surface area contributed by atoms with Gasteiger partial charge in [0.25, 0.3) is 0 Å². The number of ether oxygens (including phenoxy) is 2. The molecule has 0 aliphatic carbocycles. The maximum atomic E-state index is 12.3. The van der Waals surface area contributed by atoms with Gasteiger partial charge in [-0.05, 0) is 50.5 Å². The Bertz CT molecular complexity index is 608. The molecule has 1 heterocycles. The molecule has 0 saturated carbocycles. The number of hydrogen-bond donors (Lipinski definition) is 1. The Hall–Kier alpha value is -2.24. The number of rotatable bonds is 4.